The molecule has 160 valence electrons. The number of benzene rings is 2. The maximum absolute atomic E-state index is 12.9. The second-order valence-corrected chi connectivity index (χ2v) is 8.42. The fourth-order valence-corrected chi connectivity index (χ4v) is 4.14. The maximum atomic E-state index is 12.9. The van der Waals surface area contributed by atoms with Gasteiger partial charge in [-0.2, -0.15) is 0 Å². The second-order valence-electron chi connectivity index (χ2n) is 7.54. The molecule has 0 unspecified atom stereocenters. The van der Waals surface area contributed by atoms with Crippen molar-refractivity contribution in [2.24, 2.45) is 0 Å². The number of hydrogen-bond acceptors (Lipinski definition) is 5. The molecule has 3 amide bonds. The average molecular weight is 438 g/mol. The zero-order valence-electron chi connectivity index (χ0n) is 17.5. The third-order valence-corrected chi connectivity index (χ3v) is 6.16. The van der Waals surface area contributed by atoms with Gasteiger partial charge in [-0.1, -0.05) is 24.3 Å². The van der Waals surface area contributed by atoms with Crippen molar-refractivity contribution in [3.8, 4) is 0 Å². The summed E-state index contributed by atoms with van der Waals surface area (Å²) >= 11 is 1.61. The van der Waals surface area contributed by atoms with E-state index in [0.717, 1.165) is 21.6 Å². The Morgan fingerprint density at radius 2 is 1.94 bits per heavy atom. The molecule has 0 aliphatic carbocycles. The first-order valence-electron chi connectivity index (χ1n) is 9.86. The molecule has 1 atom stereocenters. The van der Waals surface area contributed by atoms with Crippen molar-refractivity contribution in [3.63, 3.8) is 0 Å². The summed E-state index contributed by atoms with van der Waals surface area (Å²) in [7, 11) is 0. The third kappa shape index (κ3) is 4.16. The molecule has 0 aromatic heterocycles. The van der Waals surface area contributed by atoms with Gasteiger partial charge in [0, 0.05) is 10.6 Å². The van der Waals surface area contributed by atoms with E-state index in [1.54, 1.807) is 11.8 Å². The number of rotatable bonds is 5. The van der Waals surface area contributed by atoms with Crippen LogP contribution < -0.4 is 10.6 Å². The van der Waals surface area contributed by atoms with E-state index in [9.17, 15) is 14.4 Å². The van der Waals surface area contributed by atoms with Crippen LogP contribution >= 0.6 is 11.8 Å². The van der Waals surface area contributed by atoms with Gasteiger partial charge in [0.05, 0.1) is 17.3 Å². The molecule has 2 heterocycles. The van der Waals surface area contributed by atoms with E-state index in [0.29, 0.717) is 17.0 Å². The van der Waals surface area contributed by atoms with Gasteiger partial charge in [0.1, 0.15) is 13.2 Å². The molecule has 0 saturated heterocycles. The lowest BCUT2D eigenvalue weighted by Gasteiger charge is -2.32. The van der Waals surface area contributed by atoms with Crippen molar-refractivity contribution in [1.29, 1.82) is 0 Å². The van der Waals surface area contributed by atoms with Crippen LogP contribution in [0.15, 0.2) is 58.6 Å². The topological polar surface area (TPSA) is 87.7 Å². The minimum absolute atomic E-state index is 0.0300. The Morgan fingerprint density at radius 1 is 1.19 bits per heavy atom. The van der Waals surface area contributed by atoms with E-state index < -0.39 is 18.0 Å². The van der Waals surface area contributed by atoms with E-state index >= 15 is 0 Å². The number of nitrogens with one attached hydrogen (secondary N) is 2. The van der Waals surface area contributed by atoms with Crippen LogP contribution in [0.3, 0.4) is 0 Å². The number of carbonyl (C=O) groups is 3. The summed E-state index contributed by atoms with van der Waals surface area (Å²) < 4.78 is 5.23. The molecule has 2 aliphatic rings. The first-order chi connectivity index (χ1) is 14.9. The number of hydrogen-bond donors (Lipinski definition) is 2. The molecule has 2 N–H and O–H groups in total. The summed E-state index contributed by atoms with van der Waals surface area (Å²) in [6.45, 7) is 3.60. The maximum Gasteiger partial charge on any atom is 0.338 e. The van der Waals surface area contributed by atoms with Gasteiger partial charge in [0.2, 0.25) is 5.91 Å². The minimum atomic E-state index is -0.605. The van der Waals surface area contributed by atoms with Crippen molar-refractivity contribution >= 4 is 35.4 Å². The van der Waals surface area contributed by atoms with Crippen LogP contribution in [-0.2, 0) is 14.3 Å². The summed E-state index contributed by atoms with van der Waals surface area (Å²) in [5.41, 5.74) is 4.24. The number of cyclic esters (lactones) is 1. The summed E-state index contributed by atoms with van der Waals surface area (Å²) in [6, 6.07) is 12.4. The van der Waals surface area contributed by atoms with Crippen LogP contribution in [0, 0.1) is 13.8 Å². The van der Waals surface area contributed by atoms with E-state index in [-0.39, 0.29) is 19.1 Å². The minimum Gasteiger partial charge on any atom is -0.456 e. The van der Waals surface area contributed by atoms with Gasteiger partial charge >= 0.3 is 12.0 Å². The van der Waals surface area contributed by atoms with Gasteiger partial charge in [0.25, 0.3) is 0 Å². The molecule has 0 fully saturated rings. The predicted molar refractivity (Wildman–Crippen MR) is 119 cm³/mol. The predicted octanol–water partition coefficient (Wildman–Crippen LogP) is 3.54. The molecule has 31 heavy (non-hydrogen) atoms. The Kier molecular flexibility index (Phi) is 5.73. The smallest absolute Gasteiger partial charge is 0.338 e. The van der Waals surface area contributed by atoms with E-state index in [1.807, 2.05) is 62.6 Å². The van der Waals surface area contributed by atoms with Gasteiger partial charge in [0.15, 0.2) is 0 Å². The molecule has 7 nitrogen and oxygen atoms in total. The van der Waals surface area contributed by atoms with Gasteiger partial charge < -0.3 is 15.4 Å². The SMILES string of the molecule is CSc1ccc([C@@H]2NC(=O)N(CC(=O)Nc3cc(C)ccc3C)C3=C2C(=O)OC3)cc1. The fourth-order valence-electron chi connectivity index (χ4n) is 3.73. The van der Waals surface area contributed by atoms with Crippen LogP contribution in [-0.4, -0.2) is 42.2 Å². The molecule has 2 aliphatic heterocycles. The van der Waals surface area contributed by atoms with Crippen molar-refractivity contribution in [3.05, 3.63) is 70.4 Å². The van der Waals surface area contributed by atoms with Crippen LogP contribution in [0.1, 0.15) is 22.7 Å². The highest BCUT2D eigenvalue weighted by molar-refractivity contribution is 7.98. The molecular weight excluding hydrogens is 414 g/mol. The highest BCUT2D eigenvalue weighted by Gasteiger charge is 2.42. The third-order valence-electron chi connectivity index (χ3n) is 5.42. The zero-order chi connectivity index (χ0) is 22.1. The van der Waals surface area contributed by atoms with Gasteiger partial charge in [-0.3, -0.25) is 9.69 Å². The van der Waals surface area contributed by atoms with Crippen molar-refractivity contribution in [1.82, 2.24) is 10.2 Å². The van der Waals surface area contributed by atoms with E-state index in [1.165, 1.54) is 4.90 Å². The van der Waals surface area contributed by atoms with Gasteiger partial charge in [-0.25, -0.2) is 9.59 Å². The standard InChI is InChI=1S/C23H23N3O4S/c1-13-4-5-14(2)17(10-13)24-19(27)11-26-18-12-30-22(28)20(18)21(25-23(26)29)15-6-8-16(31-3)9-7-15/h4-10,21H,11-12H2,1-3H3,(H,24,27)(H,25,29)/t21-/m0/s1. The Hall–Kier alpha value is -3.26. The molecule has 0 saturated carbocycles. The van der Waals surface area contributed by atoms with Crippen molar-refractivity contribution in [2.75, 3.05) is 24.7 Å². The molecular formula is C23H23N3O4S. The van der Waals surface area contributed by atoms with Crippen LogP contribution in [0.5, 0.6) is 0 Å². The first-order valence-corrected chi connectivity index (χ1v) is 11.1. The molecule has 2 aromatic rings. The molecule has 2 aromatic carbocycles. The first kappa shape index (κ1) is 21.0. The van der Waals surface area contributed by atoms with Gasteiger partial charge in [-0.05, 0) is 55.0 Å². The molecule has 8 heteroatoms. The quantitative estimate of drug-likeness (QED) is 0.552. The van der Waals surface area contributed by atoms with Crippen molar-refractivity contribution < 1.29 is 19.1 Å². The van der Waals surface area contributed by atoms with Crippen LogP contribution in [0.25, 0.3) is 0 Å². The monoisotopic (exact) mass is 437 g/mol. The lowest BCUT2D eigenvalue weighted by Crippen LogP contribution is -2.49. The molecule has 0 bridgehead atoms. The van der Waals surface area contributed by atoms with E-state index in [2.05, 4.69) is 10.6 Å². The van der Waals surface area contributed by atoms with Crippen LogP contribution in [0.2, 0.25) is 0 Å². The Bertz CT molecular complexity index is 1090. The Labute approximate surface area is 184 Å². The number of thioether (sulfide) groups is 1. The number of amides is 3. The average Bonchev–Trinajstić information content (AvgIpc) is 3.14. The molecule has 0 radical (unpaired) electrons. The number of urea groups is 1. The highest BCUT2D eigenvalue weighted by atomic mass is 32.2. The Morgan fingerprint density at radius 3 is 2.65 bits per heavy atom. The molecule has 4 rings (SSSR count). The summed E-state index contributed by atoms with van der Waals surface area (Å²) in [6.07, 6.45) is 1.98. The Balaban J connectivity index is 1.59. The number of anilines is 1. The largest absolute Gasteiger partial charge is 0.456 e. The number of ether oxygens (including phenoxy) is 1. The summed E-state index contributed by atoms with van der Waals surface area (Å²) in [5.74, 6) is -0.827. The lowest BCUT2D eigenvalue weighted by molar-refractivity contribution is -0.136. The number of carbonyl (C=O) groups excluding carboxylic acids is 3. The highest BCUT2D eigenvalue weighted by Crippen LogP contribution is 2.35. The van der Waals surface area contributed by atoms with E-state index in [4.69, 9.17) is 4.74 Å². The number of nitrogens with zero attached hydrogens (tertiary/aromatic N) is 1. The summed E-state index contributed by atoms with van der Waals surface area (Å²) in [5, 5.41) is 5.71. The normalized spacial score (nSPS) is 17.9. The van der Waals surface area contributed by atoms with Gasteiger partial charge in [-0.15, -0.1) is 11.8 Å². The number of esters is 1. The zero-order valence-corrected chi connectivity index (χ0v) is 18.3. The van der Waals surface area contributed by atoms with Crippen molar-refractivity contribution in [2.45, 2.75) is 24.8 Å². The molecule has 0 spiro atoms. The number of aryl methyl sites for hydroxylation is 2. The lowest BCUT2D eigenvalue weighted by atomic mass is 9.96. The second kappa shape index (κ2) is 8.47. The fraction of sp³-hybridized carbons (Fsp3) is 0.261. The summed E-state index contributed by atoms with van der Waals surface area (Å²) in [4.78, 5) is 40.4. The van der Waals surface area contributed by atoms with Crippen LogP contribution in [0.4, 0.5) is 10.5 Å².